The van der Waals surface area contributed by atoms with Crippen molar-refractivity contribution in [1.29, 1.82) is 0 Å². The fourth-order valence-corrected chi connectivity index (χ4v) is 4.20. The van der Waals surface area contributed by atoms with Crippen molar-refractivity contribution < 1.29 is 14.9 Å². The summed E-state index contributed by atoms with van der Waals surface area (Å²) in [6.07, 6.45) is 4.70. The molecule has 1 aliphatic rings. The van der Waals surface area contributed by atoms with E-state index in [0.29, 0.717) is 40.1 Å². The molecular formula is C23H25ClN4O3. The molecule has 8 heteroatoms. The topological polar surface area (TPSA) is 91.6 Å². The van der Waals surface area contributed by atoms with Gasteiger partial charge in [0.1, 0.15) is 11.9 Å². The lowest BCUT2D eigenvalue weighted by atomic mass is 10.0. The van der Waals surface area contributed by atoms with E-state index in [2.05, 4.69) is 9.97 Å². The molecule has 1 fully saturated rings. The molecule has 1 aromatic carbocycles. The average Bonchev–Trinajstić information content (AvgIpc) is 3.28. The Morgan fingerprint density at radius 1 is 1.26 bits per heavy atom. The van der Waals surface area contributed by atoms with E-state index in [4.69, 9.17) is 21.3 Å². The molecule has 0 radical (unpaired) electrons. The van der Waals surface area contributed by atoms with Crippen LogP contribution in [-0.4, -0.2) is 51.5 Å². The van der Waals surface area contributed by atoms with Gasteiger partial charge in [0.05, 0.1) is 36.2 Å². The summed E-state index contributed by atoms with van der Waals surface area (Å²) < 4.78 is 5.24. The van der Waals surface area contributed by atoms with Gasteiger partial charge in [-0.1, -0.05) is 23.7 Å². The maximum Gasteiger partial charge on any atom is 0.225 e. The Morgan fingerprint density at radius 2 is 2.13 bits per heavy atom. The molecule has 1 aliphatic heterocycles. The van der Waals surface area contributed by atoms with E-state index in [9.17, 15) is 10.2 Å². The fourth-order valence-electron chi connectivity index (χ4n) is 3.92. The zero-order chi connectivity index (χ0) is 21.8. The van der Waals surface area contributed by atoms with Gasteiger partial charge in [0.25, 0.3) is 0 Å². The minimum Gasteiger partial charge on any atom is -0.495 e. The van der Waals surface area contributed by atoms with Crippen LogP contribution in [0.1, 0.15) is 41.5 Å². The number of anilines is 1. The number of ether oxygens (including phenoxy) is 1. The molecule has 0 aliphatic carbocycles. The Kier molecular flexibility index (Phi) is 6.65. The summed E-state index contributed by atoms with van der Waals surface area (Å²) >= 11 is 6.31. The standard InChI is InChI=1S/C23H25ClN4O3/c1-31-21-8-7-15(11-18(21)24)12-20-17(22(30)19-6-2-3-9-25-19)13-26-23(27-20)28-10-4-5-16(28)14-29/h2-3,6-9,11,13,16,22,29-30H,4-5,10,12,14H2,1H3. The van der Waals surface area contributed by atoms with E-state index < -0.39 is 6.10 Å². The zero-order valence-electron chi connectivity index (χ0n) is 17.3. The molecule has 2 aromatic heterocycles. The largest absolute Gasteiger partial charge is 0.495 e. The highest BCUT2D eigenvalue weighted by molar-refractivity contribution is 6.32. The Labute approximate surface area is 186 Å². The summed E-state index contributed by atoms with van der Waals surface area (Å²) in [6.45, 7) is 0.853. The minimum atomic E-state index is -0.953. The molecule has 2 N–H and O–H groups in total. The molecule has 31 heavy (non-hydrogen) atoms. The first-order valence-electron chi connectivity index (χ1n) is 10.3. The number of nitrogens with zero attached hydrogens (tertiary/aromatic N) is 4. The van der Waals surface area contributed by atoms with Gasteiger partial charge >= 0.3 is 0 Å². The third kappa shape index (κ3) is 4.63. The number of aromatic nitrogens is 3. The number of rotatable bonds is 7. The lowest BCUT2D eigenvalue weighted by Gasteiger charge is -2.24. The van der Waals surface area contributed by atoms with E-state index >= 15 is 0 Å². The summed E-state index contributed by atoms with van der Waals surface area (Å²) in [7, 11) is 1.58. The highest BCUT2D eigenvalue weighted by Gasteiger charge is 2.27. The number of methoxy groups -OCH3 is 1. The summed E-state index contributed by atoms with van der Waals surface area (Å²) in [4.78, 5) is 15.6. The van der Waals surface area contributed by atoms with Gasteiger partial charge in [-0.3, -0.25) is 4.98 Å². The molecular weight excluding hydrogens is 416 g/mol. The Morgan fingerprint density at radius 3 is 2.84 bits per heavy atom. The van der Waals surface area contributed by atoms with Gasteiger partial charge in [-0.05, 0) is 42.7 Å². The fraction of sp³-hybridized carbons (Fsp3) is 0.348. The normalized spacial score (nSPS) is 17.0. The van der Waals surface area contributed by atoms with Gasteiger partial charge in [0.2, 0.25) is 5.95 Å². The third-order valence-electron chi connectivity index (χ3n) is 5.58. The summed E-state index contributed by atoms with van der Waals surface area (Å²) in [5.74, 6) is 1.16. The SMILES string of the molecule is COc1ccc(Cc2nc(N3CCCC3CO)ncc2C(O)c2ccccn2)cc1Cl. The van der Waals surface area contributed by atoms with Crippen LogP contribution in [0.5, 0.6) is 5.75 Å². The van der Waals surface area contributed by atoms with Gasteiger partial charge in [-0.2, -0.15) is 0 Å². The van der Waals surface area contributed by atoms with Crippen molar-refractivity contribution in [1.82, 2.24) is 15.0 Å². The van der Waals surface area contributed by atoms with Gasteiger partial charge in [0, 0.05) is 30.9 Å². The number of pyridine rings is 1. The molecule has 3 heterocycles. The highest BCUT2D eigenvalue weighted by atomic mass is 35.5. The van der Waals surface area contributed by atoms with E-state index in [-0.39, 0.29) is 12.6 Å². The van der Waals surface area contributed by atoms with Gasteiger partial charge in [0.15, 0.2) is 0 Å². The van der Waals surface area contributed by atoms with Crippen LogP contribution >= 0.6 is 11.6 Å². The van der Waals surface area contributed by atoms with Crippen LogP contribution < -0.4 is 9.64 Å². The van der Waals surface area contributed by atoms with Crippen molar-refractivity contribution in [2.45, 2.75) is 31.4 Å². The first-order valence-corrected chi connectivity index (χ1v) is 10.6. The minimum absolute atomic E-state index is 0.00912. The van der Waals surface area contributed by atoms with Crippen LogP contribution in [-0.2, 0) is 6.42 Å². The first-order chi connectivity index (χ1) is 15.1. The molecule has 4 rings (SSSR count). The number of halogens is 1. The van der Waals surface area contributed by atoms with Crippen LogP contribution in [0.4, 0.5) is 5.95 Å². The van der Waals surface area contributed by atoms with E-state index in [1.54, 1.807) is 31.6 Å². The van der Waals surface area contributed by atoms with Crippen LogP contribution in [0, 0.1) is 0 Å². The van der Waals surface area contributed by atoms with Crippen LogP contribution in [0.2, 0.25) is 5.02 Å². The first kappa shape index (κ1) is 21.5. The third-order valence-corrected chi connectivity index (χ3v) is 5.88. The van der Waals surface area contributed by atoms with E-state index in [1.165, 1.54) is 0 Å². The van der Waals surface area contributed by atoms with Crippen LogP contribution in [0.15, 0.2) is 48.8 Å². The van der Waals surface area contributed by atoms with Gasteiger partial charge in [-0.15, -0.1) is 0 Å². The molecule has 3 aromatic rings. The monoisotopic (exact) mass is 440 g/mol. The molecule has 2 atom stereocenters. The number of hydrogen-bond donors (Lipinski definition) is 2. The lowest BCUT2D eigenvalue weighted by Crippen LogP contribution is -2.33. The molecule has 0 saturated carbocycles. The second kappa shape index (κ2) is 9.60. The molecule has 1 saturated heterocycles. The number of aliphatic hydroxyl groups is 2. The van der Waals surface area contributed by atoms with Crippen LogP contribution in [0.25, 0.3) is 0 Å². The lowest BCUT2D eigenvalue weighted by molar-refractivity contribution is 0.213. The zero-order valence-corrected chi connectivity index (χ0v) is 18.0. The second-order valence-corrected chi connectivity index (χ2v) is 7.95. The van der Waals surface area contributed by atoms with Crippen molar-refractivity contribution >= 4 is 17.5 Å². The van der Waals surface area contributed by atoms with Crippen molar-refractivity contribution in [3.63, 3.8) is 0 Å². The predicted molar refractivity (Wildman–Crippen MR) is 119 cm³/mol. The van der Waals surface area contributed by atoms with Crippen molar-refractivity contribution in [2.75, 3.05) is 25.2 Å². The maximum atomic E-state index is 11.0. The Bertz CT molecular complexity index is 1030. The number of hydrogen-bond acceptors (Lipinski definition) is 7. The van der Waals surface area contributed by atoms with E-state index in [0.717, 1.165) is 24.9 Å². The smallest absolute Gasteiger partial charge is 0.225 e. The van der Waals surface area contributed by atoms with Crippen LogP contribution in [0.3, 0.4) is 0 Å². The number of benzene rings is 1. The number of aliphatic hydroxyl groups excluding tert-OH is 2. The molecule has 2 unspecified atom stereocenters. The van der Waals surface area contributed by atoms with Crippen molar-refractivity contribution in [3.8, 4) is 5.75 Å². The predicted octanol–water partition coefficient (Wildman–Crippen LogP) is 3.17. The molecule has 7 nitrogen and oxygen atoms in total. The quantitative estimate of drug-likeness (QED) is 0.583. The van der Waals surface area contributed by atoms with Crippen molar-refractivity contribution in [2.24, 2.45) is 0 Å². The Balaban J connectivity index is 1.73. The molecule has 162 valence electrons. The van der Waals surface area contributed by atoms with E-state index in [1.807, 2.05) is 29.2 Å². The average molecular weight is 441 g/mol. The molecule has 0 bridgehead atoms. The van der Waals surface area contributed by atoms with Gasteiger partial charge in [-0.25, -0.2) is 9.97 Å². The second-order valence-electron chi connectivity index (χ2n) is 7.55. The highest BCUT2D eigenvalue weighted by Crippen LogP contribution is 2.30. The molecule has 0 spiro atoms. The molecule has 0 amide bonds. The summed E-state index contributed by atoms with van der Waals surface area (Å²) in [5.41, 5.74) is 2.74. The summed E-state index contributed by atoms with van der Waals surface area (Å²) in [5, 5.41) is 21.2. The maximum absolute atomic E-state index is 11.0. The summed E-state index contributed by atoms with van der Waals surface area (Å²) in [6, 6.07) is 11.0. The van der Waals surface area contributed by atoms with Gasteiger partial charge < -0.3 is 19.8 Å². The Hall–Kier alpha value is -2.74. The van der Waals surface area contributed by atoms with Crippen molar-refractivity contribution in [3.05, 3.63) is 76.3 Å².